The second-order valence-corrected chi connectivity index (χ2v) is 9.08. The largest absolute Gasteiger partial charge is 0.409 e. The summed E-state index contributed by atoms with van der Waals surface area (Å²) >= 11 is 3.08. The van der Waals surface area contributed by atoms with E-state index in [2.05, 4.69) is 42.0 Å². The zero-order chi connectivity index (χ0) is 20.3. The minimum Gasteiger partial charge on any atom is -0.409 e. The minimum absolute atomic E-state index is 0.0455. The quantitative estimate of drug-likeness (QED) is 0.258. The third-order valence-corrected chi connectivity index (χ3v) is 6.17. The van der Waals surface area contributed by atoms with E-state index in [1.807, 2.05) is 0 Å². The van der Waals surface area contributed by atoms with Crippen LogP contribution in [0.25, 0.3) is 0 Å². The topological polar surface area (TPSA) is 133 Å². The molecule has 1 aliphatic rings. The van der Waals surface area contributed by atoms with Crippen LogP contribution >= 0.6 is 15.9 Å². The lowest BCUT2D eigenvalue weighted by Crippen LogP contribution is -2.42. The number of halogens is 2. The van der Waals surface area contributed by atoms with Crippen molar-refractivity contribution in [1.29, 1.82) is 0 Å². The van der Waals surface area contributed by atoms with Crippen molar-refractivity contribution in [2.45, 2.75) is 18.9 Å². The number of aromatic nitrogens is 2. The normalized spacial score (nSPS) is 16.9. The third-order valence-electron chi connectivity index (χ3n) is 4.26. The highest BCUT2D eigenvalue weighted by atomic mass is 79.9. The molecule has 0 radical (unpaired) electrons. The van der Waals surface area contributed by atoms with E-state index in [4.69, 9.17) is 4.63 Å². The van der Waals surface area contributed by atoms with Gasteiger partial charge in [0.1, 0.15) is 5.82 Å². The number of hydrogen-bond acceptors (Lipinski definition) is 8. The summed E-state index contributed by atoms with van der Waals surface area (Å²) in [7, 11) is -3.21. The number of hydrogen-bond donors (Lipinski definition) is 3. The second kappa shape index (κ2) is 8.41. The molecule has 0 amide bonds. The van der Waals surface area contributed by atoms with E-state index in [9.17, 15) is 18.0 Å². The van der Waals surface area contributed by atoms with Crippen LogP contribution in [0.5, 0.6) is 0 Å². The molecule has 1 aromatic carbocycles. The summed E-state index contributed by atoms with van der Waals surface area (Å²) in [5.41, 5.74) is 0.588. The molecule has 0 unspecified atom stereocenters. The highest BCUT2D eigenvalue weighted by molar-refractivity contribution is 9.10. The molecule has 1 saturated heterocycles. The van der Waals surface area contributed by atoms with Crippen LogP contribution in [0.2, 0.25) is 0 Å². The van der Waals surface area contributed by atoms with E-state index in [1.165, 1.54) is 28.8 Å². The van der Waals surface area contributed by atoms with Crippen molar-refractivity contribution < 1.29 is 22.6 Å². The van der Waals surface area contributed by atoms with Gasteiger partial charge in [0.2, 0.25) is 21.7 Å². The molecule has 13 heteroatoms. The number of piperidine rings is 1. The molecule has 2 aromatic rings. The Balaban J connectivity index is 1.69. The smallest absolute Gasteiger partial charge is 0.211 e. The lowest BCUT2D eigenvalue weighted by molar-refractivity contribution is 0.303. The van der Waals surface area contributed by atoms with Crippen molar-refractivity contribution >= 4 is 43.3 Å². The summed E-state index contributed by atoms with van der Waals surface area (Å²) in [6.07, 6.45) is 2.33. The summed E-state index contributed by atoms with van der Waals surface area (Å²) < 4.78 is 43.0. The number of oxime groups is 1. The fourth-order valence-corrected chi connectivity index (χ4v) is 4.06. The summed E-state index contributed by atoms with van der Waals surface area (Å²) in [6, 6.07) is 4.13. The van der Waals surface area contributed by atoms with Gasteiger partial charge in [0, 0.05) is 24.8 Å². The van der Waals surface area contributed by atoms with Crippen molar-refractivity contribution in [2.24, 2.45) is 5.16 Å². The van der Waals surface area contributed by atoms with Crippen molar-refractivity contribution in [3.8, 4) is 0 Å². The predicted molar refractivity (Wildman–Crippen MR) is 103 cm³/mol. The monoisotopic (exact) mass is 476 g/mol. The molecule has 0 atom stereocenters. The molecule has 28 heavy (non-hydrogen) atoms. The van der Waals surface area contributed by atoms with Gasteiger partial charge in [0.15, 0.2) is 5.69 Å². The number of anilines is 2. The van der Waals surface area contributed by atoms with E-state index >= 15 is 0 Å². The van der Waals surface area contributed by atoms with Crippen molar-refractivity contribution in [2.75, 3.05) is 30.0 Å². The maximum atomic E-state index is 13.4. The number of nitrogens with zero attached hydrogens (tertiary/aromatic N) is 4. The number of nitrogens with one attached hydrogen (secondary N) is 2. The van der Waals surface area contributed by atoms with Gasteiger partial charge in [0.25, 0.3) is 0 Å². The molecule has 1 aliphatic heterocycles. The molecule has 0 bridgehead atoms. The maximum absolute atomic E-state index is 13.4. The summed E-state index contributed by atoms with van der Waals surface area (Å²) in [5.74, 6) is -0.228. The zero-order valence-electron chi connectivity index (χ0n) is 14.8. The van der Waals surface area contributed by atoms with Crippen LogP contribution in [0.4, 0.5) is 15.9 Å². The van der Waals surface area contributed by atoms with Crippen molar-refractivity contribution in [3.63, 3.8) is 0 Å². The maximum Gasteiger partial charge on any atom is 0.211 e. The summed E-state index contributed by atoms with van der Waals surface area (Å²) in [4.78, 5) is 0. The first-order chi connectivity index (χ1) is 13.3. The SMILES string of the molecule is CS(=O)(=O)N1CCC(Nc2nonc2C(=NO)Nc2ccc(F)c(Br)c2)CC1. The molecule has 1 aromatic heterocycles. The molecule has 152 valence electrons. The van der Waals surface area contributed by atoms with Gasteiger partial charge in [-0.2, -0.15) is 0 Å². The highest BCUT2D eigenvalue weighted by Gasteiger charge is 2.27. The molecule has 2 heterocycles. The average molecular weight is 477 g/mol. The van der Waals surface area contributed by atoms with E-state index in [-0.39, 0.29) is 27.9 Å². The fourth-order valence-electron chi connectivity index (χ4n) is 2.81. The molecule has 0 saturated carbocycles. The van der Waals surface area contributed by atoms with Gasteiger partial charge in [0.05, 0.1) is 10.7 Å². The molecular formula is C15H18BrFN6O4S. The molecule has 0 spiro atoms. The average Bonchev–Trinajstić information content (AvgIpc) is 3.10. The minimum atomic E-state index is -3.21. The van der Waals surface area contributed by atoms with Gasteiger partial charge < -0.3 is 15.8 Å². The summed E-state index contributed by atoms with van der Waals surface area (Å²) in [5, 5.41) is 26.0. The Labute approximate surface area is 168 Å². The predicted octanol–water partition coefficient (Wildman–Crippen LogP) is 2.05. The van der Waals surface area contributed by atoms with Gasteiger partial charge in [-0.15, -0.1) is 0 Å². The van der Waals surface area contributed by atoms with Crippen LogP contribution < -0.4 is 10.6 Å². The number of benzene rings is 1. The highest BCUT2D eigenvalue weighted by Crippen LogP contribution is 2.23. The van der Waals surface area contributed by atoms with Crippen LogP contribution in [0, 0.1) is 5.82 Å². The van der Waals surface area contributed by atoms with Crippen LogP contribution in [0.1, 0.15) is 18.5 Å². The van der Waals surface area contributed by atoms with Crippen LogP contribution in [-0.2, 0) is 10.0 Å². The Morgan fingerprint density at radius 1 is 1.39 bits per heavy atom. The van der Waals surface area contributed by atoms with E-state index < -0.39 is 15.8 Å². The lowest BCUT2D eigenvalue weighted by Gasteiger charge is -2.30. The molecule has 0 aliphatic carbocycles. The number of rotatable bonds is 5. The first-order valence-corrected chi connectivity index (χ1v) is 10.9. The second-order valence-electron chi connectivity index (χ2n) is 6.24. The Hall–Kier alpha value is -2.25. The molecule has 10 nitrogen and oxygen atoms in total. The van der Waals surface area contributed by atoms with Gasteiger partial charge in [-0.3, -0.25) is 0 Å². The van der Waals surface area contributed by atoms with Crippen molar-refractivity contribution in [1.82, 2.24) is 14.6 Å². The first kappa shape index (κ1) is 20.5. The lowest BCUT2D eigenvalue weighted by atomic mass is 10.1. The molecular weight excluding hydrogens is 459 g/mol. The number of sulfonamides is 1. The molecule has 1 fully saturated rings. The van der Waals surface area contributed by atoms with Gasteiger partial charge >= 0.3 is 0 Å². The molecule has 3 rings (SSSR count). The summed E-state index contributed by atoms with van der Waals surface area (Å²) in [6.45, 7) is 0.778. The number of amidine groups is 1. The van der Waals surface area contributed by atoms with Crippen LogP contribution in [0.3, 0.4) is 0 Å². The van der Waals surface area contributed by atoms with Gasteiger partial charge in [-0.25, -0.2) is 21.7 Å². The Morgan fingerprint density at radius 2 is 2.11 bits per heavy atom. The Bertz CT molecular complexity index is 975. The fraction of sp³-hybridized carbons (Fsp3) is 0.400. The standard InChI is InChI=1S/C15H18BrFN6O4S/c1-28(25,26)23-6-4-9(5-7-23)18-15-13(21-27-22-15)14(20-24)19-10-2-3-12(17)11(16)8-10/h2-3,8-9,24H,4-7H2,1H3,(H,18,22)(H,19,20). The van der Waals surface area contributed by atoms with Gasteiger partial charge in [-0.05, 0) is 57.3 Å². The first-order valence-electron chi connectivity index (χ1n) is 8.26. The van der Waals surface area contributed by atoms with E-state index in [0.29, 0.717) is 31.6 Å². The van der Waals surface area contributed by atoms with Crippen molar-refractivity contribution in [3.05, 3.63) is 34.2 Å². The van der Waals surface area contributed by atoms with E-state index in [0.717, 1.165) is 0 Å². The van der Waals surface area contributed by atoms with Crippen LogP contribution in [-0.4, -0.2) is 59.5 Å². The third kappa shape index (κ3) is 4.77. The Kier molecular flexibility index (Phi) is 6.15. The zero-order valence-corrected chi connectivity index (χ0v) is 17.2. The van der Waals surface area contributed by atoms with Gasteiger partial charge in [-0.1, -0.05) is 5.16 Å². The Morgan fingerprint density at radius 3 is 2.71 bits per heavy atom. The molecule has 3 N–H and O–H groups in total. The van der Waals surface area contributed by atoms with E-state index in [1.54, 1.807) is 0 Å². The van der Waals surface area contributed by atoms with Crippen LogP contribution in [0.15, 0.2) is 32.5 Å².